The first kappa shape index (κ1) is 14.2. The predicted octanol–water partition coefficient (Wildman–Crippen LogP) is 1.63. The van der Waals surface area contributed by atoms with Crippen molar-refractivity contribution in [2.75, 3.05) is 13.1 Å². The van der Waals surface area contributed by atoms with Gasteiger partial charge in [-0.25, -0.2) is 5.84 Å². The SMILES string of the molecule is CCCCNC(=NCC(CC)CC)NN. The van der Waals surface area contributed by atoms with Crippen LogP contribution in [0.15, 0.2) is 4.99 Å². The number of rotatable bonds is 7. The summed E-state index contributed by atoms with van der Waals surface area (Å²) in [6, 6.07) is 0. The number of hydrogen-bond donors (Lipinski definition) is 3. The van der Waals surface area contributed by atoms with E-state index in [2.05, 4.69) is 36.5 Å². The maximum absolute atomic E-state index is 5.38. The van der Waals surface area contributed by atoms with Crippen molar-refractivity contribution >= 4 is 5.96 Å². The molecule has 0 aromatic heterocycles. The topological polar surface area (TPSA) is 62.4 Å². The highest BCUT2D eigenvalue weighted by atomic mass is 15.3. The molecule has 0 aliphatic rings. The summed E-state index contributed by atoms with van der Waals surface area (Å²) in [6.45, 7) is 8.35. The molecule has 0 radical (unpaired) electrons. The van der Waals surface area contributed by atoms with Crippen LogP contribution in [0.5, 0.6) is 0 Å². The minimum Gasteiger partial charge on any atom is -0.355 e. The van der Waals surface area contributed by atoms with Crippen LogP contribution in [0.4, 0.5) is 0 Å². The van der Waals surface area contributed by atoms with Gasteiger partial charge in [-0.2, -0.15) is 0 Å². The third-order valence-corrected chi connectivity index (χ3v) is 2.62. The van der Waals surface area contributed by atoms with Crippen LogP contribution in [-0.2, 0) is 0 Å². The van der Waals surface area contributed by atoms with E-state index < -0.39 is 0 Å². The largest absolute Gasteiger partial charge is 0.355 e. The second kappa shape index (κ2) is 9.77. The smallest absolute Gasteiger partial charge is 0.205 e. The minimum absolute atomic E-state index is 0.668. The third-order valence-electron chi connectivity index (χ3n) is 2.62. The van der Waals surface area contributed by atoms with E-state index in [9.17, 15) is 0 Å². The van der Waals surface area contributed by atoms with E-state index in [4.69, 9.17) is 5.84 Å². The van der Waals surface area contributed by atoms with Gasteiger partial charge in [0.25, 0.3) is 0 Å². The summed E-state index contributed by atoms with van der Waals surface area (Å²) >= 11 is 0. The molecule has 15 heavy (non-hydrogen) atoms. The Hall–Kier alpha value is -0.770. The predicted molar refractivity (Wildman–Crippen MR) is 66.6 cm³/mol. The number of unbranched alkanes of at least 4 members (excludes halogenated alkanes) is 1. The Bertz CT molecular complexity index is 164. The summed E-state index contributed by atoms with van der Waals surface area (Å²) in [5, 5.41) is 3.19. The summed E-state index contributed by atoms with van der Waals surface area (Å²) < 4.78 is 0. The van der Waals surface area contributed by atoms with Crippen molar-refractivity contribution in [1.29, 1.82) is 0 Å². The fourth-order valence-corrected chi connectivity index (χ4v) is 1.30. The van der Waals surface area contributed by atoms with Crippen LogP contribution in [0.3, 0.4) is 0 Å². The van der Waals surface area contributed by atoms with Crippen LogP contribution in [0, 0.1) is 5.92 Å². The summed E-state index contributed by atoms with van der Waals surface area (Å²) in [4.78, 5) is 4.43. The van der Waals surface area contributed by atoms with Crippen LogP contribution < -0.4 is 16.6 Å². The highest BCUT2D eigenvalue weighted by Gasteiger charge is 2.02. The average molecular weight is 214 g/mol. The minimum atomic E-state index is 0.668. The van der Waals surface area contributed by atoms with Crippen molar-refractivity contribution in [3.63, 3.8) is 0 Å². The molecule has 0 aliphatic carbocycles. The summed E-state index contributed by atoms with van der Waals surface area (Å²) in [5.41, 5.74) is 2.60. The molecule has 0 unspecified atom stereocenters. The second-order valence-corrected chi connectivity index (χ2v) is 3.80. The Balaban J connectivity index is 3.86. The van der Waals surface area contributed by atoms with E-state index >= 15 is 0 Å². The molecular weight excluding hydrogens is 188 g/mol. The fraction of sp³-hybridized carbons (Fsp3) is 0.909. The maximum Gasteiger partial charge on any atom is 0.205 e. The molecule has 0 fully saturated rings. The molecule has 0 rings (SSSR count). The summed E-state index contributed by atoms with van der Waals surface area (Å²) in [6.07, 6.45) is 4.67. The van der Waals surface area contributed by atoms with Crippen molar-refractivity contribution in [1.82, 2.24) is 10.7 Å². The van der Waals surface area contributed by atoms with Crippen LogP contribution >= 0.6 is 0 Å². The molecule has 0 amide bonds. The highest BCUT2D eigenvalue weighted by molar-refractivity contribution is 5.79. The van der Waals surface area contributed by atoms with Crippen molar-refractivity contribution < 1.29 is 0 Å². The molecule has 4 N–H and O–H groups in total. The lowest BCUT2D eigenvalue weighted by Crippen LogP contribution is -2.42. The molecule has 0 aliphatic heterocycles. The van der Waals surface area contributed by atoms with E-state index in [-0.39, 0.29) is 0 Å². The number of nitrogens with two attached hydrogens (primary N) is 1. The number of aliphatic imine (C=N–C) groups is 1. The van der Waals surface area contributed by atoms with Gasteiger partial charge in [0.2, 0.25) is 5.96 Å². The first-order valence-corrected chi connectivity index (χ1v) is 6.03. The molecule has 0 saturated heterocycles. The van der Waals surface area contributed by atoms with Gasteiger partial charge in [0.15, 0.2) is 0 Å². The summed E-state index contributed by atoms with van der Waals surface area (Å²) in [7, 11) is 0. The highest BCUT2D eigenvalue weighted by Crippen LogP contribution is 2.06. The normalized spacial score (nSPS) is 11.9. The monoisotopic (exact) mass is 214 g/mol. The Morgan fingerprint density at radius 1 is 1.27 bits per heavy atom. The Kier molecular flexibility index (Phi) is 9.27. The van der Waals surface area contributed by atoms with E-state index in [1.165, 1.54) is 19.3 Å². The lowest BCUT2D eigenvalue weighted by Gasteiger charge is -2.12. The summed E-state index contributed by atoms with van der Waals surface area (Å²) in [5.74, 6) is 6.77. The lowest BCUT2D eigenvalue weighted by atomic mass is 10.0. The average Bonchev–Trinajstić information content (AvgIpc) is 2.28. The standard InChI is InChI=1S/C11H26N4/c1-4-7-8-13-11(15-12)14-9-10(5-2)6-3/h10H,4-9,12H2,1-3H3,(H2,13,14,15). The second-order valence-electron chi connectivity index (χ2n) is 3.80. The van der Waals surface area contributed by atoms with E-state index in [0.717, 1.165) is 25.5 Å². The van der Waals surface area contributed by atoms with Crippen LogP contribution in [0.25, 0.3) is 0 Å². The van der Waals surface area contributed by atoms with Crippen molar-refractivity contribution in [3.05, 3.63) is 0 Å². The van der Waals surface area contributed by atoms with Crippen LogP contribution in [0.1, 0.15) is 46.5 Å². The van der Waals surface area contributed by atoms with Gasteiger partial charge in [0.05, 0.1) is 0 Å². The molecule has 0 saturated carbocycles. The molecule has 0 bridgehead atoms. The third kappa shape index (κ3) is 7.19. The number of hydrazine groups is 1. The molecule has 0 aromatic rings. The number of nitrogens with one attached hydrogen (secondary N) is 2. The quantitative estimate of drug-likeness (QED) is 0.198. The molecule has 0 spiro atoms. The van der Waals surface area contributed by atoms with Gasteiger partial charge >= 0.3 is 0 Å². The Labute approximate surface area is 93.7 Å². The zero-order valence-corrected chi connectivity index (χ0v) is 10.3. The molecule has 90 valence electrons. The molecule has 0 heterocycles. The van der Waals surface area contributed by atoms with Crippen LogP contribution in [0.2, 0.25) is 0 Å². The molecule has 4 nitrogen and oxygen atoms in total. The number of hydrogen-bond acceptors (Lipinski definition) is 2. The Morgan fingerprint density at radius 2 is 1.93 bits per heavy atom. The number of guanidine groups is 1. The van der Waals surface area contributed by atoms with Gasteiger partial charge in [0, 0.05) is 13.1 Å². The molecule has 0 atom stereocenters. The van der Waals surface area contributed by atoms with Gasteiger partial charge in [0.1, 0.15) is 0 Å². The van der Waals surface area contributed by atoms with Gasteiger partial charge in [-0.1, -0.05) is 40.0 Å². The zero-order valence-electron chi connectivity index (χ0n) is 10.3. The maximum atomic E-state index is 5.38. The van der Waals surface area contributed by atoms with E-state index in [0.29, 0.717) is 5.92 Å². The first-order chi connectivity index (χ1) is 7.28. The van der Waals surface area contributed by atoms with E-state index in [1.54, 1.807) is 0 Å². The van der Waals surface area contributed by atoms with Crippen molar-refractivity contribution in [3.8, 4) is 0 Å². The molecule has 4 heteroatoms. The molecular formula is C11H26N4. The van der Waals surface area contributed by atoms with Gasteiger partial charge in [-0.3, -0.25) is 10.4 Å². The van der Waals surface area contributed by atoms with Crippen LogP contribution in [-0.4, -0.2) is 19.0 Å². The van der Waals surface area contributed by atoms with Gasteiger partial charge in [-0.05, 0) is 12.3 Å². The number of nitrogens with zero attached hydrogens (tertiary/aromatic N) is 1. The van der Waals surface area contributed by atoms with E-state index in [1.807, 2.05) is 0 Å². The Morgan fingerprint density at radius 3 is 2.40 bits per heavy atom. The molecule has 0 aromatic carbocycles. The first-order valence-electron chi connectivity index (χ1n) is 6.03. The van der Waals surface area contributed by atoms with Gasteiger partial charge in [-0.15, -0.1) is 0 Å². The van der Waals surface area contributed by atoms with Crippen molar-refractivity contribution in [2.24, 2.45) is 16.8 Å². The zero-order chi connectivity index (χ0) is 11.5. The lowest BCUT2D eigenvalue weighted by molar-refractivity contribution is 0.504. The van der Waals surface area contributed by atoms with Crippen molar-refractivity contribution in [2.45, 2.75) is 46.5 Å². The fourth-order valence-electron chi connectivity index (χ4n) is 1.30. The van der Waals surface area contributed by atoms with Gasteiger partial charge < -0.3 is 5.32 Å².